The number of nitro groups is 1. The Morgan fingerprint density at radius 3 is 2.42 bits per heavy atom. The van der Waals surface area contributed by atoms with Crippen molar-refractivity contribution in [1.82, 2.24) is 0 Å². The lowest BCUT2D eigenvalue weighted by Gasteiger charge is -2.10. The molecule has 8 heteroatoms. The summed E-state index contributed by atoms with van der Waals surface area (Å²) in [6.07, 6.45) is 0.856. The van der Waals surface area contributed by atoms with E-state index in [2.05, 4.69) is 5.32 Å². The van der Waals surface area contributed by atoms with Gasteiger partial charge in [-0.2, -0.15) is 0 Å². The topological polar surface area (TPSA) is 108 Å². The fourth-order valence-electron chi connectivity index (χ4n) is 2.17. The van der Waals surface area contributed by atoms with Crippen molar-refractivity contribution >= 4 is 23.3 Å². The first kappa shape index (κ1) is 18.9. The van der Waals surface area contributed by atoms with Gasteiger partial charge in [0, 0.05) is 6.07 Å². The maximum atomic E-state index is 12.0. The number of methoxy groups -OCH3 is 1. The van der Waals surface area contributed by atoms with Gasteiger partial charge in [-0.05, 0) is 30.2 Å². The van der Waals surface area contributed by atoms with Gasteiger partial charge in [-0.1, -0.05) is 19.1 Å². The molecule has 0 aromatic heterocycles. The van der Waals surface area contributed by atoms with Crippen molar-refractivity contribution in [3.05, 3.63) is 63.7 Å². The number of hydrogen-bond acceptors (Lipinski definition) is 6. The number of nitrogens with zero attached hydrogens (tertiary/aromatic N) is 1. The number of anilines is 1. The Bertz CT molecular complexity index is 817. The van der Waals surface area contributed by atoms with Crippen molar-refractivity contribution in [1.29, 1.82) is 0 Å². The second-order valence-electron chi connectivity index (χ2n) is 5.32. The van der Waals surface area contributed by atoms with Crippen LogP contribution in [0.15, 0.2) is 42.5 Å². The number of nitrogens with one attached hydrogen (secondary N) is 1. The van der Waals surface area contributed by atoms with E-state index in [1.54, 1.807) is 12.1 Å². The number of non-ortho nitro benzene ring substituents is 1. The molecule has 0 spiro atoms. The molecule has 0 bridgehead atoms. The lowest BCUT2D eigenvalue weighted by Crippen LogP contribution is -2.21. The van der Waals surface area contributed by atoms with Gasteiger partial charge in [0.2, 0.25) is 0 Å². The molecular weight excluding hydrogens is 340 g/mol. The Morgan fingerprint density at radius 2 is 1.85 bits per heavy atom. The summed E-state index contributed by atoms with van der Waals surface area (Å²) in [6.45, 7) is 1.51. The molecule has 2 aromatic rings. The summed E-state index contributed by atoms with van der Waals surface area (Å²) in [4.78, 5) is 34.1. The molecule has 0 aliphatic rings. The van der Waals surface area contributed by atoms with E-state index in [4.69, 9.17) is 9.47 Å². The molecule has 0 fully saturated rings. The summed E-state index contributed by atoms with van der Waals surface area (Å²) in [5.74, 6) is -1.07. The van der Waals surface area contributed by atoms with Crippen molar-refractivity contribution in [2.75, 3.05) is 19.0 Å². The molecule has 0 heterocycles. The Hall–Kier alpha value is -3.42. The van der Waals surface area contributed by atoms with Gasteiger partial charge in [0.15, 0.2) is 6.61 Å². The van der Waals surface area contributed by atoms with Crippen LogP contribution in [0.2, 0.25) is 0 Å². The van der Waals surface area contributed by atoms with Crippen LogP contribution in [0.1, 0.15) is 22.8 Å². The first-order chi connectivity index (χ1) is 12.4. The molecule has 8 nitrogen and oxygen atoms in total. The summed E-state index contributed by atoms with van der Waals surface area (Å²) < 4.78 is 10.00. The fourth-order valence-corrected chi connectivity index (χ4v) is 2.17. The second kappa shape index (κ2) is 8.61. The number of esters is 1. The minimum atomic E-state index is -0.613. The lowest BCUT2D eigenvalue weighted by atomic mass is 10.1. The zero-order valence-electron chi connectivity index (χ0n) is 14.4. The third-order valence-corrected chi connectivity index (χ3v) is 3.60. The monoisotopic (exact) mass is 358 g/mol. The predicted octanol–water partition coefficient (Wildman–Crippen LogP) is 2.96. The molecule has 0 aliphatic heterocycles. The van der Waals surface area contributed by atoms with Crippen LogP contribution in [0.5, 0.6) is 5.75 Å². The Morgan fingerprint density at radius 1 is 1.15 bits per heavy atom. The highest BCUT2D eigenvalue weighted by atomic mass is 16.6. The molecule has 2 rings (SSSR count). The van der Waals surface area contributed by atoms with Crippen LogP contribution >= 0.6 is 0 Å². The molecule has 2 aromatic carbocycles. The molecule has 0 unspecified atom stereocenters. The average Bonchev–Trinajstić information content (AvgIpc) is 2.66. The Kier molecular flexibility index (Phi) is 6.26. The normalized spacial score (nSPS) is 10.1. The van der Waals surface area contributed by atoms with E-state index in [0.717, 1.165) is 12.0 Å². The molecule has 136 valence electrons. The summed E-state index contributed by atoms with van der Waals surface area (Å²) in [7, 11) is 1.33. The van der Waals surface area contributed by atoms with Crippen LogP contribution in [-0.2, 0) is 16.0 Å². The molecule has 0 aliphatic carbocycles. The van der Waals surface area contributed by atoms with Crippen molar-refractivity contribution in [2.24, 2.45) is 0 Å². The van der Waals surface area contributed by atoms with Crippen molar-refractivity contribution in [2.45, 2.75) is 13.3 Å². The van der Waals surface area contributed by atoms with Crippen LogP contribution in [0.25, 0.3) is 0 Å². The van der Waals surface area contributed by atoms with E-state index in [1.807, 2.05) is 19.1 Å². The molecule has 0 saturated heterocycles. The fraction of sp³-hybridized carbons (Fsp3) is 0.222. The van der Waals surface area contributed by atoms with E-state index in [9.17, 15) is 19.7 Å². The van der Waals surface area contributed by atoms with Crippen LogP contribution in [-0.4, -0.2) is 30.5 Å². The maximum Gasteiger partial charge on any atom is 0.338 e. The zero-order valence-corrected chi connectivity index (χ0v) is 14.4. The third-order valence-electron chi connectivity index (χ3n) is 3.60. The van der Waals surface area contributed by atoms with E-state index in [-0.39, 0.29) is 17.1 Å². The lowest BCUT2D eigenvalue weighted by molar-refractivity contribution is -0.384. The molecule has 26 heavy (non-hydrogen) atoms. The maximum absolute atomic E-state index is 12.0. The quantitative estimate of drug-likeness (QED) is 0.463. The van der Waals surface area contributed by atoms with Gasteiger partial charge in [0.05, 0.1) is 29.4 Å². The zero-order chi connectivity index (χ0) is 19.1. The number of aryl methyl sites for hydroxylation is 1. The van der Waals surface area contributed by atoms with E-state index in [0.29, 0.717) is 5.56 Å². The number of ether oxygens (including phenoxy) is 2. The summed E-state index contributed by atoms with van der Waals surface area (Å²) in [5, 5.41) is 13.2. The van der Waals surface area contributed by atoms with Crippen LogP contribution in [0.3, 0.4) is 0 Å². The number of carbonyl (C=O) groups excluding carboxylic acids is 2. The number of carbonyl (C=O) groups is 2. The van der Waals surface area contributed by atoms with E-state index in [1.165, 1.54) is 25.3 Å². The smallest absolute Gasteiger partial charge is 0.338 e. The second-order valence-corrected chi connectivity index (χ2v) is 5.32. The van der Waals surface area contributed by atoms with E-state index < -0.39 is 23.4 Å². The molecule has 0 radical (unpaired) electrons. The van der Waals surface area contributed by atoms with Gasteiger partial charge >= 0.3 is 5.97 Å². The van der Waals surface area contributed by atoms with Crippen molar-refractivity contribution in [3.8, 4) is 5.75 Å². The van der Waals surface area contributed by atoms with Gasteiger partial charge in [0.1, 0.15) is 5.75 Å². The van der Waals surface area contributed by atoms with Gasteiger partial charge < -0.3 is 14.8 Å². The SMILES string of the molecule is CCc1ccc(C(=O)OCC(=O)Nc2ccc([N+](=O)[O-])cc2OC)cc1. The molecule has 1 N–H and O–H groups in total. The van der Waals surface area contributed by atoms with E-state index >= 15 is 0 Å². The van der Waals surface area contributed by atoms with Gasteiger partial charge in [0.25, 0.3) is 11.6 Å². The predicted molar refractivity (Wildman–Crippen MR) is 94.4 cm³/mol. The number of benzene rings is 2. The largest absolute Gasteiger partial charge is 0.494 e. The average molecular weight is 358 g/mol. The van der Waals surface area contributed by atoms with Crippen molar-refractivity contribution in [3.63, 3.8) is 0 Å². The minimum absolute atomic E-state index is 0.133. The highest BCUT2D eigenvalue weighted by Gasteiger charge is 2.15. The Balaban J connectivity index is 1.95. The highest BCUT2D eigenvalue weighted by Crippen LogP contribution is 2.28. The van der Waals surface area contributed by atoms with Gasteiger partial charge in [-0.3, -0.25) is 14.9 Å². The van der Waals surface area contributed by atoms with Crippen LogP contribution in [0, 0.1) is 10.1 Å². The number of amides is 1. The molecule has 0 saturated carbocycles. The minimum Gasteiger partial charge on any atom is -0.494 e. The first-order valence-electron chi connectivity index (χ1n) is 7.83. The summed E-state index contributed by atoms with van der Waals surface area (Å²) in [6, 6.07) is 10.7. The molecule has 0 atom stereocenters. The summed E-state index contributed by atoms with van der Waals surface area (Å²) >= 11 is 0. The Labute approximate surface area is 149 Å². The highest BCUT2D eigenvalue weighted by molar-refractivity contribution is 5.96. The van der Waals surface area contributed by atoms with Crippen LogP contribution in [0.4, 0.5) is 11.4 Å². The van der Waals surface area contributed by atoms with Gasteiger partial charge in [-0.25, -0.2) is 4.79 Å². The third kappa shape index (κ3) is 4.79. The standard InChI is InChI=1S/C18H18N2O6/c1-3-12-4-6-13(7-5-12)18(22)26-11-17(21)19-15-9-8-14(20(23)24)10-16(15)25-2/h4-10H,3,11H2,1-2H3,(H,19,21). The summed E-state index contributed by atoms with van der Waals surface area (Å²) in [5.41, 5.74) is 1.51. The number of hydrogen-bond donors (Lipinski definition) is 1. The van der Waals surface area contributed by atoms with Crippen LogP contribution < -0.4 is 10.1 Å². The first-order valence-corrected chi connectivity index (χ1v) is 7.83. The number of nitro benzene ring substituents is 1. The molecule has 1 amide bonds. The number of rotatable bonds is 7. The van der Waals surface area contributed by atoms with Gasteiger partial charge in [-0.15, -0.1) is 0 Å². The molecular formula is C18H18N2O6. The van der Waals surface area contributed by atoms with Crippen molar-refractivity contribution < 1.29 is 24.0 Å².